The molecule has 0 aliphatic rings. The topological polar surface area (TPSA) is 77.1 Å². The molecule has 0 unspecified atom stereocenters. The number of rotatable bonds is 4. The van der Waals surface area contributed by atoms with Gasteiger partial charge in [-0.25, -0.2) is 4.79 Å². The van der Waals surface area contributed by atoms with Crippen molar-refractivity contribution in [2.75, 3.05) is 6.54 Å². The zero-order valence-corrected chi connectivity index (χ0v) is 13.1. The van der Waals surface area contributed by atoms with E-state index in [1.807, 2.05) is 13.2 Å². The van der Waals surface area contributed by atoms with Crippen molar-refractivity contribution in [3.8, 4) is 0 Å². The molecule has 23 heavy (non-hydrogen) atoms. The van der Waals surface area contributed by atoms with Gasteiger partial charge in [0.15, 0.2) is 0 Å². The maximum Gasteiger partial charge on any atom is 0.349 e. The number of fused-ring (bicyclic) bond motifs is 1. The molecule has 6 nitrogen and oxygen atoms in total. The molecule has 118 valence electrons. The van der Waals surface area contributed by atoms with Crippen molar-refractivity contribution >= 4 is 28.5 Å². The fourth-order valence-corrected chi connectivity index (χ4v) is 2.45. The molecule has 0 spiro atoms. The lowest BCUT2D eigenvalue weighted by Crippen LogP contribution is -2.29. The average molecular weight is 332 g/mol. The van der Waals surface area contributed by atoms with Crippen molar-refractivity contribution in [3.05, 3.63) is 63.2 Å². The summed E-state index contributed by atoms with van der Waals surface area (Å²) >= 11 is 5.92. The number of benzene rings is 1. The van der Waals surface area contributed by atoms with E-state index in [1.165, 1.54) is 6.07 Å². The number of aryl methyl sites for hydroxylation is 1. The van der Waals surface area contributed by atoms with Crippen LogP contribution in [0.4, 0.5) is 0 Å². The van der Waals surface area contributed by atoms with Crippen molar-refractivity contribution < 1.29 is 9.21 Å². The van der Waals surface area contributed by atoms with Gasteiger partial charge in [-0.3, -0.25) is 9.48 Å². The monoisotopic (exact) mass is 331 g/mol. The molecule has 0 fully saturated rings. The van der Waals surface area contributed by atoms with E-state index in [4.69, 9.17) is 16.0 Å². The molecule has 3 rings (SSSR count). The quantitative estimate of drug-likeness (QED) is 0.743. The van der Waals surface area contributed by atoms with E-state index in [9.17, 15) is 9.59 Å². The summed E-state index contributed by atoms with van der Waals surface area (Å²) in [4.78, 5) is 24.1. The Labute approximate surface area is 136 Å². The highest BCUT2D eigenvalue weighted by Crippen LogP contribution is 2.18. The van der Waals surface area contributed by atoms with Gasteiger partial charge in [-0.05, 0) is 36.2 Å². The van der Waals surface area contributed by atoms with Crippen LogP contribution in [0.25, 0.3) is 11.0 Å². The number of carbonyl (C=O) groups is 1. The highest BCUT2D eigenvalue weighted by Gasteiger charge is 2.13. The fourth-order valence-electron chi connectivity index (χ4n) is 2.27. The maximum absolute atomic E-state index is 12.2. The molecule has 1 amide bonds. The summed E-state index contributed by atoms with van der Waals surface area (Å²) in [6.07, 6.45) is 4.24. The number of hydrogen-bond acceptors (Lipinski definition) is 4. The van der Waals surface area contributed by atoms with Crippen molar-refractivity contribution in [1.29, 1.82) is 0 Å². The number of hydrogen-bond donors (Lipinski definition) is 1. The zero-order valence-electron chi connectivity index (χ0n) is 12.4. The highest BCUT2D eigenvalue weighted by molar-refractivity contribution is 6.31. The Bertz CT molecular complexity index is 930. The lowest BCUT2D eigenvalue weighted by atomic mass is 10.1. The Morgan fingerprint density at radius 2 is 2.22 bits per heavy atom. The van der Waals surface area contributed by atoms with Crippen LogP contribution in [0.15, 0.2) is 45.9 Å². The Morgan fingerprint density at radius 1 is 1.39 bits per heavy atom. The Morgan fingerprint density at radius 3 is 2.96 bits per heavy atom. The van der Waals surface area contributed by atoms with Crippen LogP contribution in [0, 0.1) is 0 Å². The molecule has 3 aromatic rings. The number of halogens is 1. The van der Waals surface area contributed by atoms with Gasteiger partial charge in [0.2, 0.25) is 0 Å². The standard InChI is InChI=1S/C16H14ClN3O3/c1-20-9-10(8-19-20)4-5-18-15(21)13-7-11-6-12(17)2-3-14(11)23-16(13)22/h2-3,6-9H,4-5H2,1H3,(H,18,21). The number of carbonyl (C=O) groups excluding carboxylic acids is 1. The SMILES string of the molecule is Cn1cc(CCNC(=O)c2cc3cc(Cl)ccc3oc2=O)cn1. The summed E-state index contributed by atoms with van der Waals surface area (Å²) in [6, 6.07) is 6.36. The van der Waals surface area contributed by atoms with Crippen LogP contribution in [0.3, 0.4) is 0 Å². The molecule has 0 bridgehead atoms. The van der Waals surface area contributed by atoms with Crippen molar-refractivity contribution in [2.45, 2.75) is 6.42 Å². The van der Waals surface area contributed by atoms with E-state index in [2.05, 4.69) is 10.4 Å². The summed E-state index contributed by atoms with van der Waals surface area (Å²) in [7, 11) is 1.83. The van der Waals surface area contributed by atoms with Gasteiger partial charge in [0.05, 0.1) is 6.20 Å². The summed E-state index contributed by atoms with van der Waals surface area (Å²) < 4.78 is 6.84. The first kappa shape index (κ1) is 15.3. The van der Waals surface area contributed by atoms with E-state index in [0.29, 0.717) is 29.0 Å². The molecular formula is C16H14ClN3O3. The van der Waals surface area contributed by atoms with Gasteiger partial charge in [0.1, 0.15) is 11.1 Å². The summed E-state index contributed by atoms with van der Waals surface area (Å²) in [5.74, 6) is -0.468. The predicted molar refractivity (Wildman–Crippen MR) is 86.7 cm³/mol. The molecule has 7 heteroatoms. The first-order valence-corrected chi connectivity index (χ1v) is 7.40. The van der Waals surface area contributed by atoms with Crippen LogP contribution in [0.5, 0.6) is 0 Å². The Balaban J connectivity index is 1.75. The second-order valence-corrected chi connectivity index (χ2v) is 5.59. The number of aromatic nitrogens is 2. The average Bonchev–Trinajstić information content (AvgIpc) is 2.92. The molecular weight excluding hydrogens is 318 g/mol. The maximum atomic E-state index is 12.2. The van der Waals surface area contributed by atoms with E-state index >= 15 is 0 Å². The molecule has 0 atom stereocenters. The van der Waals surface area contributed by atoms with Gasteiger partial charge < -0.3 is 9.73 Å². The molecule has 0 radical (unpaired) electrons. The molecule has 1 aromatic carbocycles. The van der Waals surface area contributed by atoms with Crippen molar-refractivity contribution in [3.63, 3.8) is 0 Å². The van der Waals surface area contributed by atoms with E-state index in [0.717, 1.165) is 5.56 Å². The van der Waals surface area contributed by atoms with E-state index < -0.39 is 11.5 Å². The third kappa shape index (κ3) is 3.43. The van der Waals surface area contributed by atoms with Crippen LogP contribution in [0.2, 0.25) is 5.02 Å². The van der Waals surface area contributed by atoms with Gasteiger partial charge in [-0.1, -0.05) is 11.6 Å². The minimum absolute atomic E-state index is 0.0362. The third-order valence-electron chi connectivity index (χ3n) is 3.40. The molecule has 2 aromatic heterocycles. The Kier molecular flexibility index (Phi) is 4.16. The molecule has 0 saturated heterocycles. The lowest BCUT2D eigenvalue weighted by molar-refractivity contribution is 0.0950. The second kappa shape index (κ2) is 6.26. The summed E-state index contributed by atoms with van der Waals surface area (Å²) in [5, 5.41) is 7.88. The number of amides is 1. The van der Waals surface area contributed by atoms with Gasteiger partial charge in [-0.15, -0.1) is 0 Å². The first-order chi connectivity index (χ1) is 11.0. The van der Waals surface area contributed by atoms with Gasteiger partial charge in [-0.2, -0.15) is 5.10 Å². The van der Waals surface area contributed by atoms with Crippen LogP contribution < -0.4 is 10.9 Å². The largest absolute Gasteiger partial charge is 0.422 e. The van der Waals surface area contributed by atoms with Crippen molar-refractivity contribution in [2.24, 2.45) is 7.05 Å². The number of nitrogens with one attached hydrogen (secondary N) is 1. The minimum Gasteiger partial charge on any atom is -0.422 e. The van der Waals surface area contributed by atoms with Gasteiger partial charge in [0, 0.05) is 30.2 Å². The molecule has 2 heterocycles. The number of nitrogens with zero attached hydrogens (tertiary/aromatic N) is 2. The zero-order chi connectivity index (χ0) is 16.4. The van der Waals surface area contributed by atoms with E-state index in [-0.39, 0.29) is 5.56 Å². The highest BCUT2D eigenvalue weighted by atomic mass is 35.5. The van der Waals surface area contributed by atoms with Crippen LogP contribution in [-0.2, 0) is 13.5 Å². The fraction of sp³-hybridized carbons (Fsp3) is 0.188. The van der Waals surface area contributed by atoms with Crippen LogP contribution >= 0.6 is 11.6 Å². The van der Waals surface area contributed by atoms with Crippen LogP contribution in [0.1, 0.15) is 15.9 Å². The molecule has 0 aliphatic heterocycles. The second-order valence-electron chi connectivity index (χ2n) is 5.16. The molecule has 0 saturated carbocycles. The molecule has 0 aliphatic carbocycles. The van der Waals surface area contributed by atoms with Gasteiger partial charge in [0.25, 0.3) is 5.91 Å². The first-order valence-electron chi connectivity index (χ1n) is 7.02. The minimum atomic E-state index is -0.668. The van der Waals surface area contributed by atoms with Gasteiger partial charge >= 0.3 is 5.63 Å². The normalized spacial score (nSPS) is 10.9. The van der Waals surface area contributed by atoms with Crippen LogP contribution in [-0.4, -0.2) is 22.2 Å². The smallest absolute Gasteiger partial charge is 0.349 e. The summed E-state index contributed by atoms with van der Waals surface area (Å²) in [5.41, 5.74) is 0.695. The Hall–Kier alpha value is -2.60. The van der Waals surface area contributed by atoms with Crippen molar-refractivity contribution in [1.82, 2.24) is 15.1 Å². The predicted octanol–water partition coefficient (Wildman–Crippen LogP) is 2.15. The molecule has 1 N–H and O–H groups in total. The lowest BCUT2D eigenvalue weighted by Gasteiger charge is -2.04. The van der Waals surface area contributed by atoms with E-state index in [1.54, 1.807) is 29.1 Å². The third-order valence-corrected chi connectivity index (χ3v) is 3.63. The summed E-state index contributed by atoms with van der Waals surface area (Å²) in [6.45, 7) is 0.400.